The molecule has 0 atom stereocenters. The molecule has 2 N–H and O–H groups in total. The lowest BCUT2D eigenvalue weighted by atomic mass is 10.2. The number of ketones is 1. The maximum absolute atomic E-state index is 13.0. The fourth-order valence-corrected chi connectivity index (χ4v) is 4.96. The molecule has 0 fully saturated rings. The fourth-order valence-electron chi connectivity index (χ4n) is 3.45. The van der Waals surface area contributed by atoms with Gasteiger partial charge in [-0.3, -0.25) is 23.3 Å². The fraction of sp³-hybridized carbons (Fsp3) is 0.227. The topological polar surface area (TPSA) is 127 Å². The first kappa shape index (κ1) is 23.5. The van der Waals surface area contributed by atoms with Gasteiger partial charge in [0, 0.05) is 14.1 Å². The first-order valence-electron chi connectivity index (χ1n) is 10.1. The van der Waals surface area contributed by atoms with Crippen LogP contribution in [0.15, 0.2) is 50.5 Å². The van der Waals surface area contributed by atoms with E-state index in [9.17, 15) is 14.4 Å². The van der Waals surface area contributed by atoms with Crippen molar-refractivity contribution in [3.05, 3.63) is 67.7 Å². The van der Waals surface area contributed by atoms with Crippen molar-refractivity contribution in [2.45, 2.75) is 12.1 Å². The number of nitrogens with zero attached hydrogens (tertiary/aromatic N) is 5. The van der Waals surface area contributed by atoms with E-state index < -0.39 is 17.0 Å². The van der Waals surface area contributed by atoms with E-state index in [0.29, 0.717) is 16.7 Å². The van der Waals surface area contributed by atoms with Crippen LogP contribution < -0.4 is 21.7 Å². The zero-order valence-electron chi connectivity index (χ0n) is 18.9. The number of carbonyl (C=O) groups is 1. The molecule has 0 aliphatic rings. The quantitative estimate of drug-likeness (QED) is 0.304. The van der Waals surface area contributed by atoms with Gasteiger partial charge in [0.2, 0.25) is 0 Å². The van der Waals surface area contributed by atoms with Crippen molar-refractivity contribution in [1.29, 1.82) is 0 Å². The number of thiophene rings is 1. The Morgan fingerprint density at radius 1 is 1.18 bits per heavy atom. The summed E-state index contributed by atoms with van der Waals surface area (Å²) in [7, 11) is 4.30. The number of aryl methyl sites for hydroxylation is 1. The zero-order valence-corrected chi connectivity index (χ0v) is 20.6. The van der Waals surface area contributed by atoms with E-state index in [1.807, 2.05) is 47.2 Å². The first-order valence-corrected chi connectivity index (χ1v) is 12.0. The van der Waals surface area contributed by atoms with Crippen LogP contribution in [-0.4, -0.2) is 42.5 Å². The van der Waals surface area contributed by atoms with Crippen LogP contribution in [0.25, 0.3) is 16.4 Å². The van der Waals surface area contributed by atoms with Crippen LogP contribution in [0, 0.1) is 6.92 Å². The van der Waals surface area contributed by atoms with E-state index in [4.69, 9.17) is 10.5 Å². The Morgan fingerprint density at radius 3 is 2.62 bits per heavy atom. The van der Waals surface area contributed by atoms with E-state index in [1.54, 1.807) is 7.11 Å². The predicted octanol–water partition coefficient (Wildman–Crippen LogP) is 2.27. The predicted molar refractivity (Wildman–Crippen MR) is 132 cm³/mol. The van der Waals surface area contributed by atoms with Gasteiger partial charge in [0.15, 0.2) is 16.8 Å². The number of ether oxygens (including phenoxy) is 1. The molecule has 1 aromatic carbocycles. The Morgan fingerprint density at radius 2 is 1.94 bits per heavy atom. The molecule has 176 valence electrons. The third kappa shape index (κ3) is 4.05. The summed E-state index contributed by atoms with van der Waals surface area (Å²) in [5.74, 6) is 0.412. The van der Waals surface area contributed by atoms with Crippen molar-refractivity contribution >= 4 is 34.7 Å². The molecule has 34 heavy (non-hydrogen) atoms. The molecule has 3 aromatic heterocycles. The Balaban J connectivity index is 1.77. The molecule has 12 heteroatoms. The van der Waals surface area contributed by atoms with Gasteiger partial charge < -0.3 is 10.5 Å². The van der Waals surface area contributed by atoms with Crippen LogP contribution in [0.5, 0.6) is 5.75 Å². The van der Waals surface area contributed by atoms with Crippen LogP contribution >= 0.6 is 23.1 Å². The summed E-state index contributed by atoms with van der Waals surface area (Å²) in [6, 6.07) is 9.60. The summed E-state index contributed by atoms with van der Waals surface area (Å²) < 4.78 is 9.35. The number of rotatable bonds is 7. The maximum Gasteiger partial charge on any atom is 0.332 e. The van der Waals surface area contributed by atoms with Crippen molar-refractivity contribution in [3.63, 3.8) is 0 Å². The highest BCUT2D eigenvalue weighted by Crippen LogP contribution is 2.34. The summed E-state index contributed by atoms with van der Waals surface area (Å²) >= 11 is 2.63. The second-order valence-corrected chi connectivity index (χ2v) is 9.36. The van der Waals surface area contributed by atoms with Gasteiger partial charge in [-0.1, -0.05) is 23.9 Å². The number of carbonyl (C=O) groups excluding carboxylic acids is 1. The number of nitrogens with two attached hydrogens (primary N) is 1. The second-order valence-electron chi connectivity index (χ2n) is 7.47. The third-order valence-corrected chi connectivity index (χ3v) is 7.07. The molecule has 0 saturated heterocycles. The number of Topliss-reactive ketones (excluding diaryl/α,β-unsaturated/α-hetero) is 1. The Labute approximate surface area is 202 Å². The minimum absolute atomic E-state index is 0.131. The summed E-state index contributed by atoms with van der Waals surface area (Å²) in [5, 5.41) is 11.1. The minimum atomic E-state index is -0.729. The van der Waals surface area contributed by atoms with Crippen LogP contribution in [-0.2, 0) is 14.1 Å². The summed E-state index contributed by atoms with van der Waals surface area (Å²) in [6.45, 7) is 1.96. The summed E-state index contributed by atoms with van der Waals surface area (Å²) in [5.41, 5.74) is 6.12. The molecule has 4 rings (SSSR count). The van der Waals surface area contributed by atoms with Crippen LogP contribution in [0.3, 0.4) is 0 Å². The molecule has 10 nitrogen and oxygen atoms in total. The largest absolute Gasteiger partial charge is 0.495 e. The molecule has 0 spiro atoms. The van der Waals surface area contributed by atoms with Crippen molar-refractivity contribution in [2.24, 2.45) is 14.1 Å². The van der Waals surface area contributed by atoms with Crippen molar-refractivity contribution in [2.75, 3.05) is 18.6 Å². The summed E-state index contributed by atoms with van der Waals surface area (Å²) in [6.07, 6.45) is 0. The van der Waals surface area contributed by atoms with Gasteiger partial charge >= 0.3 is 5.69 Å². The van der Waals surface area contributed by atoms with Crippen LogP contribution in [0.4, 0.5) is 5.82 Å². The highest BCUT2D eigenvalue weighted by Gasteiger charge is 2.24. The lowest BCUT2D eigenvalue weighted by molar-refractivity contribution is 0.102. The van der Waals surface area contributed by atoms with Crippen molar-refractivity contribution in [1.82, 2.24) is 23.9 Å². The molecular formula is C22H22N6O4S2. The zero-order chi connectivity index (χ0) is 24.6. The Bertz CT molecular complexity index is 1500. The second kappa shape index (κ2) is 9.31. The summed E-state index contributed by atoms with van der Waals surface area (Å²) in [4.78, 5) is 38.6. The maximum atomic E-state index is 13.0. The van der Waals surface area contributed by atoms with E-state index in [1.165, 1.54) is 25.4 Å². The number of anilines is 1. The minimum Gasteiger partial charge on any atom is -0.495 e. The lowest BCUT2D eigenvalue weighted by Gasteiger charge is -2.14. The van der Waals surface area contributed by atoms with E-state index in [0.717, 1.165) is 37.0 Å². The molecule has 0 radical (unpaired) electrons. The van der Waals surface area contributed by atoms with Crippen molar-refractivity contribution < 1.29 is 9.53 Å². The standard InChI is InChI=1S/C22H22N6O4S2/c1-12-7-8-15(32-4)13(10-12)28-19(16-6-5-9-33-16)24-25-21(28)34-11-14(29)17-18(23)26(2)22(31)27(3)20(17)30/h5-10H,11,23H2,1-4H3. The number of hydrogen-bond acceptors (Lipinski definition) is 9. The number of methoxy groups -OCH3 is 1. The van der Waals surface area contributed by atoms with E-state index >= 15 is 0 Å². The normalized spacial score (nSPS) is 11.1. The molecule has 3 heterocycles. The van der Waals surface area contributed by atoms with Gasteiger partial charge in [0.1, 0.15) is 17.1 Å². The number of benzene rings is 1. The Kier molecular flexibility index (Phi) is 6.44. The Hall–Kier alpha value is -3.64. The van der Waals surface area contributed by atoms with Crippen molar-refractivity contribution in [3.8, 4) is 22.1 Å². The average molecular weight is 499 g/mol. The number of hydrogen-bond donors (Lipinski definition) is 1. The molecule has 0 bridgehead atoms. The van der Waals surface area contributed by atoms with E-state index in [-0.39, 0.29) is 17.1 Å². The first-order chi connectivity index (χ1) is 16.2. The number of aromatic nitrogens is 5. The third-order valence-electron chi connectivity index (χ3n) is 5.27. The molecule has 0 saturated carbocycles. The van der Waals surface area contributed by atoms with Crippen LogP contribution in [0.2, 0.25) is 0 Å². The molecule has 0 aliphatic heterocycles. The molecule has 0 amide bonds. The van der Waals surface area contributed by atoms with E-state index in [2.05, 4.69) is 10.2 Å². The van der Waals surface area contributed by atoms with Gasteiger partial charge in [0.25, 0.3) is 5.56 Å². The SMILES string of the molecule is COc1ccc(C)cc1-n1c(SCC(=O)c2c(N)n(C)c(=O)n(C)c2=O)nnc1-c1cccs1. The smallest absolute Gasteiger partial charge is 0.332 e. The van der Waals surface area contributed by atoms with Crippen LogP contribution in [0.1, 0.15) is 15.9 Å². The molecular weight excluding hydrogens is 476 g/mol. The number of nitrogen functional groups attached to an aromatic ring is 1. The molecule has 0 aliphatic carbocycles. The number of thioether (sulfide) groups is 1. The highest BCUT2D eigenvalue weighted by molar-refractivity contribution is 7.99. The lowest BCUT2D eigenvalue weighted by Crippen LogP contribution is -2.41. The van der Waals surface area contributed by atoms with Gasteiger partial charge in [-0.2, -0.15) is 0 Å². The average Bonchev–Trinajstić information content (AvgIpc) is 3.50. The van der Waals surface area contributed by atoms with Gasteiger partial charge in [-0.25, -0.2) is 4.79 Å². The molecule has 4 aromatic rings. The highest BCUT2D eigenvalue weighted by atomic mass is 32.2. The van der Waals surface area contributed by atoms with Gasteiger partial charge in [-0.05, 0) is 36.1 Å². The molecule has 0 unspecified atom stereocenters. The monoisotopic (exact) mass is 498 g/mol. The van der Waals surface area contributed by atoms with Gasteiger partial charge in [0.05, 0.1) is 23.4 Å². The van der Waals surface area contributed by atoms with Gasteiger partial charge in [-0.15, -0.1) is 21.5 Å².